The fourth-order valence-corrected chi connectivity index (χ4v) is 2.32. The molecule has 144 valence electrons. The van der Waals surface area contributed by atoms with Crippen LogP contribution in [0.3, 0.4) is 0 Å². The summed E-state index contributed by atoms with van der Waals surface area (Å²) in [7, 11) is 0. The minimum Gasteiger partial charge on any atom is -0.451 e. The fourth-order valence-electron chi connectivity index (χ4n) is 2.32. The quantitative estimate of drug-likeness (QED) is 0.635. The number of anilines is 1. The van der Waals surface area contributed by atoms with Crippen LogP contribution in [0, 0.1) is 19.3 Å². The molecule has 7 heteroatoms. The van der Waals surface area contributed by atoms with Crippen LogP contribution in [0.25, 0.3) is 0 Å². The van der Waals surface area contributed by atoms with Gasteiger partial charge < -0.3 is 14.6 Å². The molecule has 1 atom stereocenters. The summed E-state index contributed by atoms with van der Waals surface area (Å²) in [5, 5.41) is 6.49. The minimum absolute atomic E-state index is 0.122. The Hall–Kier alpha value is -2.96. The highest BCUT2D eigenvalue weighted by Crippen LogP contribution is 2.19. The van der Waals surface area contributed by atoms with Crippen LogP contribution in [0.2, 0.25) is 0 Å². The van der Waals surface area contributed by atoms with E-state index in [1.54, 1.807) is 38.1 Å². The molecule has 0 radical (unpaired) electrons. The molecule has 0 aliphatic carbocycles. The lowest BCUT2D eigenvalue weighted by Crippen LogP contribution is -2.27. The Kier molecular flexibility index (Phi) is 5.83. The number of hydrogen-bond donors (Lipinski definition) is 1. The molecule has 0 unspecified atom stereocenters. The number of esters is 1. The van der Waals surface area contributed by atoms with Gasteiger partial charge in [-0.3, -0.25) is 9.59 Å². The first-order chi connectivity index (χ1) is 12.5. The predicted molar refractivity (Wildman–Crippen MR) is 99.7 cm³/mol. The van der Waals surface area contributed by atoms with Crippen LogP contribution in [0.4, 0.5) is 5.69 Å². The highest BCUT2D eigenvalue weighted by Gasteiger charge is 2.25. The lowest BCUT2D eigenvalue weighted by molar-refractivity contribution is -0.123. The zero-order chi connectivity index (χ0) is 20.4. The minimum atomic E-state index is -0.971. The van der Waals surface area contributed by atoms with Crippen LogP contribution in [-0.2, 0) is 9.53 Å². The van der Waals surface area contributed by atoms with Gasteiger partial charge in [0.25, 0.3) is 0 Å². The number of carbonyl (C=O) groups excluding carboxylic acids is 3. The first-order valence-corrected chi connectivity index (χ1v) is 8.60. The number of hydrogen-bond acceptors (Lipinski definition) is 6. The number of rotatable bonds is 5. The molecular weight excluding hydrogens is 348 g/mol. The number of benzene rings is 1. The summed E-state index contributed by atoms with van der Waals surface area (Å²) in [6, 6.07) is 6.45. The molecule has 0 saturated carbocycles. The van der Waals surface area contributed by atoms with Gasteiger partial charge in [-0.25, -0.2) is 4.79 Å². The third kappa shape index (κ3) is 4.81. The normalized spacial score (nSPS) is 12.4. The third-order valence-electron chi connectivity index (χ3n) is 4.00. The number of Topliss-reactive ketones (excluding diaryl/α,β-unsaturated/α-hetero) is 1. The van der Waals surface area contributed by atoms with Crippen molar-refractivity contribution >= 4 is 23.3 Å². The molecule has 1 heterocycles. The Bertz CT molecular complexity index is 840. The SMILES string of the molecule is Cc1noc(C)c1C(=O)O[C@@H](C)C(=O)c1ccc(NC(=O)C(C)(C)C)cc1. The van der Waals surface area contributed by atoms with Crippen LogP contribution in [0.5, 0.6) is 0 Å². The second-order valence-electron chi connectivity index (χ2n) is 7.39. The van der Waals surface area contributed by atoms with E-state index in [2.05, 4.69) is 10.5 Å². The average Bonchev–Trinajstić information content (AvgIpc) is 2.92. The van der Waals surface area contributed by atoms with Gasteiger partial charge in [-0.2, -0.15) is 0 Å². The third-order valence-corrected chi connectivity index (χ3v) is 4.00. The van der Waals surface area contributed by atoms with Gasteiger partial charge in [0.05, 0.1) is 5.69 Å². The number of nitrogens with zero attached hydrogens (tertiary/aromatic N) is 1. The van der Waals surface area contributed by atoms with E-state index in [1.165, 1.54) is 6.92 Å². The maximum absolute atomic E-state index is 12.5. The van der Waals surface area contributed by atoms with Crippen molar-refractivity contribution < 1.29 is 23.6 Å². The molecule has 2 rings (SSSR count). The second kappa shape index (κ2) is 7.73. The van der Waals surface area contributed by atoms with Gasteiger partial charge in [0, 0.05) is 16.7 Å². The largest absolute Gasteiger partial charge is 0.451 e. The van der Waals surface area contributed by atoms with E-state index in [0.29, 0.717) is 22.7 Å². The van der Waals surface area contributed by atoms with Crippen molar-refractivity contribution in [2.24, 2.45) is 5.41 Å². The summed E-state index contributed by atoms with van der Waals surface area (Å²) in [5.41, 5.74) is 1.09. The smallest absolute Gasteiger partial charge is 0.344 e. The molecule has 27 heavy (non-hydrogen) atoms. The molecule has 1 aromatic carbocycles. The van der Waals surface area contributed by atoms with Crippen LogP contribution in [-0.4, -0.2) is 28.9 Å². The van der Waals surface area contributed by atoms with E-state index in [1.807, 2.05) is 20.8 Å². The predicted octanol–water partition coefficient (Wildman–Crippen LogP) is 3.70. The number of nitrogens with one attached hydrogen (secondary N) is 1. The van der Waals surface area contributed by atoms with Gasteiger partial charge in [-0.15, -0.1) is 0 Å². The second-order valence-corrected chi connectivity index (χ2v) is 7.39. The molecule has 1 amide bonds. The van der Waals surface area contributed by atoms with Gasteiger partial charge in [0.1, 0.15) is 11.3 Å². The molecular formula is C20H24N2O5. The summed E-state index contributed by atoms with van der Waals surface area (Å²) < 4.78 is 10.2. The van der Waals surface area contributed by atoms with Gasteiger partial charge in [0.15, 0.2) is 6.10 Å². The Labute approximate surface area is 158 Å². The van der Waals surface area contributed by atoms with Crippen molar-refractivity contribution in [1.82, 2.24) is 5.16 Å². The van der Waals surface area contributed by atoms with E-state index in [0.717, 1.165) is 0 Å². The molecule has 0 spiro atoms. The van der Waals surface area contributed by atoms with Crippen molar-refractivity contribution in [3.8, 4) is 0 Å². The van der Waals surface area contributed by atoms with E-state index in [9.17, 15) is 14.4 Å². The van der Waals surface area contributed by atoms with E-state index in [-0.39, 0.29) is 17.3 Å². The first kappa shape index (κ1) is 20.4. The monoisotopic (exact) mass is 372 g/mol. The number of ketones is 1. The summed E-state index contributed by atoms with van der Waals surface area (Å²) in [4.78, 5) is 36.8. The Morgan fingerprint density at radius 3 is 2.19 bits per heavy atom. The Morgan fingerprint density at radius 1 is 1.11 bits per heavy atom. The number of ether oxygens (including phenoxy) is 1. The molecule has 1 N–H and O–H groups in total. The van der Waals surface area contributed by atoms with E-state index in [4.69, 9.17) is 9.26 Å². The van der Waals surface area contributed by atoms with Crippen molar-refractivity contribution in [3.63, 3.8) is 0 Å². The van der Waals surface area contributed by atoms with Crippen LogP contribution in [0.1, 0.15) is 59.9 Å². The maximum atomic E-state index is 12.5. The van der Waals surface area contributed by atoms with Crippen molar-refractivity contribution in [1.29, 1.82) is 0 Å². The van der Waals surface area contributed by atoms with Gasteiger partial charge in [-0.05, 0) is 45.0 Å². The summed E-state index contributed by atoms with van der Waals surface area (Å²) >= 11 is 0. The molecule has 0 fully saturated rings. The topological polar surface area (TPSA) is 98.5 Å². The van der Waals surface area contributed by atoms with Crippen molar-refractivity contribution in [2.75, 3.05) is 5.32 Å². The van der Waals surface area contributed by atoms with Crippen molar-refractivity contribution in [2.45, 2.75) is 47.6 Å². The molecule has 0 saturated heterocycles. The number of carbonyl (C=O) groups is 3. The molecule has 1 aromatic heterocycles. The standard InChI is InChI=1S/C20H24N2O5/c1-11-16(12(2)27-22-11)18(24)26-13(3)17(23)14-7-9-15(10-8-14)21-19(25)20(4,5)6/h7-10,13H,1-6H3,(H,21,25)/t13-/m0/s1. The lowest BCUT2D eigenvalue weighted by Gasteiger charge is -2.18. The summed E-state index contributed by atoms with van der Waals surface area (Å²) in [5.74, 6) is -0.774. The average molecular weight is 372 g/mol. The van der Waals surface area contributed by atoms with E-state index >= 15 is 0 Å². The van der Waals surface area contributed by atoms with Crippen LogP contribution < -0.4 is 5.32 Å². The van der Waals surface area contributed by atoms with Gasteiger partial charge in [-0.1, -0.05) is 25.9 Å². The summed E-state index contributed by atoms with van der Waals surface area (Å²) in [6.07, 6.45) is -0.971. The molecule has 7 nitrogen and oxygen atoms in total. The number of amides is 1. The van der Waals surface area contributed by atoms with Crippen molar-refractivity contribution in [3.05, 3.63) is 46.8 Å². The van der Waals surface area contributed by atoms with Gasteiger partial charge >= 0.3 is 5.97 Å². The maximum Gasteiger partial charge on any atom is 0.344 e. The highest BCUT2D eigenvalue weighted by atomic mass is 16.5. The summed E-state index contributed by atoms with van der Waals surface area (Å²) in [6.45, 7) is 10.2. The highest BCUT2D eigenvalue weighted by molar-refractivity contribution is 6.02. The fraction of sp³-hybridized carbons (Fsp3) is 0.400. The molecule has 0 bridgehead atoms. The van der Waals surface area contributed by atoms with Gasteiger partial charge in [0.2, 0.25) is 11.7 Å². The number of aryl methyl sites for hydroxylation is 2. The molecule has 0 aliphatic rings. The molecule has 2 aromatic rings. The first-order valence-electron chi connectivity index (χ1n) is 8.60. The zero-order valence-electron chi connectivity index (χ0n) is 16.4. The Morgan fingerprint density at radius 2 is 1.70 bits per heavy atom. The molecule has 0 aliphatic heterocycles. The van der Waals surface area contributed by atoms with Crippen LogP contribution >= 0.6 is 0 Å². The lowest BCUT2D eigenvalue weighted by atomic mass is 9.95. The Balaban J connectivity index is 2.04. The van der Waals surface area contributed by atoms with E-state index < -0.39 is 17.5 Å². The van der Waals surface area contributed by atoms with Crippen LogP contribution in [0.15, 0.2) is 28.8 Å². The zero-order valence-corrected chi connectivity index (χ0v) is 16.4. The number of aromatic nitrogens is 1.